The van der Waals surface area contributed by atoms with Crippen molar-refractivity contribution in [2.45, 2.75) is 19.3 Å². The maximum Gasteiger partial charge on any atom is 0.311 e. The number of ether oxygens (including phenoxy) is 2. The van der Waals surface area contributed by atoms with Gasteiger partial charge in [-0.1, -0.05) is 71.2 Å². The Labute approximate surface area is 176 Å². The van der Waals surface area contributed by atoms with Crippen molar-refractivity contribution in [3.63, 3.8) is 0 Å². The molecule has 0 aromatic heterocycles. The SMILES string of the molecule is O=C(CCCC(=O)Oc1cccc2ccccc12)Oc1c(Cl)cc(Cl)cc1Cl. The molecule has 4 nitrogen and oxygen atoms in total. The molecule has 0 aliphatic rings. The molecule has 3 rings (SSSR count). The molecular formula is C21H15Cl3O4. The molecule has 0 bridgehead atoms. The predicted octanol–water partition coefficient (Wildman–Crippen LogP) is 6.48. The van der Waals surface area contributed by atoms with Gasteiger partial charge in [0.1, 0.15) is 5.75 Å². The standard InChI is InChI=1S/C21H15Cl3O4/c22-14-11-16(23)21(17(24)12-14)28-20(26)10-4-9-19(25)27-18-8-3-6-13-5-1-2-7-15(13)18/h1-3,5-8,11-12H,4,9-10H2. The van der Waals surface area contributed by atoms with Crippen LogP contribution in [0.2, 0.25) is 15.1 Å². The Kier molecular flexibility index (Phi) is 6.79. The summed E-state index contributed by atoms with van der Waals surface area (Å²) in [6.45, 7) is 0. The number of esters is 2. The average Bonchev–Trinajstić information content (AvgIpc) is 2.65. The maximum absolute atomic E-state index is 12.1. The zero-order valence-electron chi connectivity index (χ0n) is 14.6. The predicted molar refractivity (Wildman–Crippen MR) is 111 cm³/mol. The first kappa shape index (κ1) is 20.5. The lowest BCUT2D eigenvalue weighted by Gasteiger charge is -2.09. The van der Waals surface area contributed by atoms with Gasteiger partial charge in [0.2, 0.25) is 0 Å². The first-order valence-electron chi connectivity index (χ1n) is 8.47. The second-order valence-corrected chi connectivity index (χ2v) is 7.23. The van der Waals surface area contributed by atoms with Crippen molar-refractivity contribution in [1.82, 2.24) is 0 Å². The summed E-state index contributed by atoms with van der Waals surface area (Å²) in [5.41, 5.74) is 0. The molecule has 0 N–H and O–H groups in total. The summed E-state index contributed by atoms with van der Waals surface area (Å²) >= 11 is 17.8. The zero-order chi connectivity index (χ0) is 20.1. The van der Waals surface area contributed by atoms with Crippen molar-refractivity contribution in [2.75, 3.05) is 0 Å². The Morgan fingerprint density at radius 3 is 2.11 bits per heavy atom. The summed E-state index contributed by atoms with van der Waals surface area (Å²) in [5.74, 6) is -0.433. The third-order valence-corrected chi connectivity index (χ3v) is 4.69. The Morgan fingerprint density at radius 1 is 0.786 bits per heavy atom. The van der Waals surface area contributed by atoms with E-state index in [2.05, 4.69) is 0 Å². The summed E-state index contributed by atoms with van der Waals surface area (Å²) in [6, 6.07) is 16.0. The quantitative estimate of drug-likeness (QED) is 0.327. The molecule has 0 aliphatic carbocycles. The molecule has 0 heterocycles. The van der Waals surface area contributed by atoms with Crippen LogP contribution in [0.4, 0.5) is 0 Å². The lowest BCUT2D eigenvalue weighted by molar-refractivity contribution is -0.135. The molecule has 0 unspecified atom stereocenters. The number of benzene rings is 3. The first-order chi connectivity index (χ1) is 13.4. The van der Waals surface area contributed by atoms with Crippen molar-refractivity contribution in [3.8, 4) is 11.5 Å². The smallest absolute Gasteiger partial charge is 0.311 e. The maximum atomic E-state index is 12.1. The van der Waals surface area contributed by atoms with E-state index in [0.29, 0.717) is 10.8 Å². The zero-order valence-corrected chi connectivity index (χ0v) is 16.9. The van der Waals surface area contributed by atoms with Gasteiger partial charge in [-0.2, -0.15) is 0 Å². The fourth-order valence-electron chi connectivity index (χ4n) is 2.63. The van der Waals surface area contributed by atoms with Gasteiger partial charge in [-0.15, -0.1) is 0 Å². The van der Waals surface area contributed by atoms with Crippen molar-refractivity contribution in [3.05, 3.63) is 69.7 Å². The van der Waals surface area contributed by atoms with Crippen LogP contribution in [0.1, 0.15) is 19.3 Å². The van der Waals surface area contributed by atoms with Crippen molar-refractivity contribution in [1.29, 1.82) is 0 Å². The highest BCUT2D eigenvalue weighted by Crippen LogP contribution is 2.36. The van der Waals surface area contributed by atoms with Gasteiger partial charge >= 0.3 is 11.9 Å². The van der Waals surface area contributed by atoms with Crippen LogP contribution in [-0.2, 0) is 9.59 Å². The van der Waals surface area contributed by atoms with E-state index in [0.717, 1.165) is 10.8 Å². The molecule has 3 aromatic rings. The molecule has 0 saturated heterocycles. The number of hydrogen-bond acceptors (Lipinski definition) is 4. The molecule has 0 aliphatic heterocycles. The van der Waals surface area contributed by atoms with E-state index in [1.54, 1.807) is 6.07 Å². The minimum atomic E-state index is -0.552. The molecular weight excluding hydrogens is 423 g/mol. The molecule has 0 radical (unpaired) electrons. The molecule has 0 atom stereocenters. The van der Waals surface area contributed by atoms with E-state index in [1.165, 1.54) is 12.1 Å². The number of hydrogen-bond donors (Lipinski definition) is 0. The number of fused-ring (bicyclic) bond motifs is 1. The molecule has 28 heavy (non-hydrogen) atoms. The van der Waals surface area contributed by atoms with Crippen LogP contribution in [0.25, 0.3) is 10.8 Å². The highest BCUT2D eigenvalue weighted by Gasteiger charge is 2.15. The van der Waals surface area contributed by atoms with E-state index in [-0.39, 0.29) is 35.1 Å². The van der Waals surface area contributed by atoms with E-state index < -0.39 is 11.9 Å². The van der Waals surface area contributed by atoms with Crippen molar-refractivity contribution >= 4 is 57.5 Å². The van der Waals surface area contributed by atoms with Crippen LogP contribution in [0.3, 0.4) is 0 Å². The Hall–Kier alpha value is -2.27. The molecule has 144 valence electrons. The second kappa shape index (κ2) is 9.28. The number of carbonyl (C=O) groups is 2. The molecule has 3 aromatic carbocycles. The first-order valence-corrected chi connectivity index (χ1v) is 9.61. The molecule has 0 spiro atoms. The molecule has 0 amide bonds. The lowest BCUT2D eigenvalue weighted by Crippen LogP contribution is -2.12. The van der Waals surface area contributed by atoms with E-state index in [1.807, 2.05) is 36.4 Å². The monoisotopic (exact) mass is 436 g/mol. The van der Waals surface area contributed by atoms with Gasteiger partial charge < -0.3 is 9.47 Å². The van der Waals surface area contributed by atoms with Gasteiger partial charge in [0, 0.05) is 23.3 Å². The van der Waals surface area contributed by atoms with Crippen molar-refractivity contribution in [2.24, 2.45) is 0 Å². The van der Waals surface area contributed by atoms with E-state index in [4.69, 9.17) is 44.3 Å². The van der Waals surface area contributed by atoms with Gasteiger partial charge in [-0.3, -0.25) is 9.59 Å². The van der Waals surface area contributed by atoms with Crippen LogP contribution in [0.15, 0.2) is 54.6 Å². The summed E-state index contributed by atoms with van der Waals surface area (Å²) in [6.07, 6.45) is 0.353. The van der Waals surface area contributed by atoms with Crippen molar-refractivity contribution < 1.29 is 19.1 Å². The van der Waals surface area contributed by atoms with Gasteiger partial charge in [-0.25, -0.2) is 0 Å². The van der Waals surface area contributed by atoms with Crippen LogP contribution in [0, 0.1) is 0 Å². The van der Waals surface area contributed by atoms with Gasteiger partial charge in [0.15, 0.2) is 5.75 Å². The third kappa shape index (κ3) is 5.16. The second-order valence-electron chi connectivity index (χ2n) is 5.98. The van der Waals surface area contributed by atoms with E-state index in [9.17, 15) is 9.59 Å². The summed E-state index contributed by atoms with van der Waals surface area (Å²) in [4.78, 5) is 24.1. The minimum Gasteiger partial charge on any atom is -0.426 e. The Bertz CT molecular complexity index is 1000. The van der Waals surface area contributed by atoms with Crippen LogP contribution >= 0.6 is 34.8 Å². The summed E-state index contributed by atoms with van der Waals surface area (Å²) in [5, 5.41) is 2.45. The van der Waals surface area contributed by atoms with E-state index >= 15 is 0 Å². The normalized spacial score (nSPS) is 10.7. The van der Waals surface area contributed by atoms with Gasteiger partial charge in [0.05, 0.1) is 10.0 Å². The van der Waals surface area contributed by atoms with Crippen LogP contribution < -0.4 is 9.47 Å². The van der Waals surface area contributed by atoms with Crippen LogP contribution in [-0.4, -0.2) is 11.9 Å². The molecule has 0 fully saturated rings. The number of carbonyl (C=O) groups excluding carboxylic acids is 2. The third-order valence-electron chi connectivity index (χ3n) is 3.91. The fraction of sp³-hybridized carbons (Fsp3) is 0.143. The topological polar surface area (TPSA) is 52.6 Å². The largest absolute Gasteiger partial charge is 0.426 e. The summed E-state index contributed by atoms with van der Waals surface area (Å²) < 4.78 is 10.6. The fourth-order valence-corrected chi connectivity index (χ4v) is 3.52. The van der Waals surface area contributed by atoms with Crippen LogP contribution in [0.5, 0.6) is 11.5 Å². The lowest BCUT2D eigenvalue weighted by atomic mass is 10.1. The highest BCUT2D eigenvalue weighted by molar-refractivity contribution is 6.40. The number of halogens is 3. The average molecular weight is 438 g/mol. The highest BCUT2D eigenvalue weighted by atomic mass is 35.5. The summed E-state index contributed by atoms with van der Waals surface area (Å²) in [7, 11) is 0. The number of rotatable bonds is 6. The Morgan fingerprint density at radius 2 is 1.39 bits per heavy atom. The van der Waals surface area contributed by atoms with Gasteiger partial charge in [0.25, 0.3) is 0 Å². The molecule has 7 heteroatoms. The Balaban J connectivity index is 1.52. The minimum absolute atomic E-state index is 0.0138. The molecule has 0 saturated carbocycles. The van der Waals surface area contributed by atoms with Gasteiger partial charge in [-0.05, 0) is 30.0 Å².